The molecule has 0 aromatic rings. The van der Waals surface area contributed by atoms with Gasteiger partial charge in [-0.1, -0.05) is 19.3 Å². The van der Waals surface area contributed by atoms with Gasteiger partial charge in [0.2, 0.25) is 0 Å². The van der Waals surface area contributed by atoms with E-state index < -0.39 is 0 Å². The second kappa shape index (κ2) is 9.42. The number of rotatable bonds is 3. The van der Waals surface area contributed by atoms with Gasteiger partial charge in [-0.15, -0.1) is 24.0 Å². The molecule has 134 valence electrons. The number of nitrogens with two attached hydrogens (primary N) is 1. The molecule has 3 fully saturated rings. The summed E-state index contributed by atoms with van der Waals surface area (Å²) in [4.78, 5) is 9.78. The molecule has 23 heavy (non-hydrogen) atoms. The van der Waals surface area contributed by atoms with Crippen LogP contribution < -0.4 is 5.73 Å². The standard InChI is InChI=1S/C17H32N4O.HI/c18-16(20-9-5-2-6-10-20)19-15-17(7-3-1-4-8-17)21-11-13-22-14-12-21;/h1-15H2,(H2,18,19);1H. The smallest absolute Gasteiger partial charge is 0.191 e. The number of ether oxygens (including phenoxy) is 1. The summed E-state index contributed by atoms with van der Waals surface area (Å²) in [5.74, 6) is 0.776. The molecule has 0 amide bonds. The average Bonchev–Trinajstić information content (AvgIpc) is 2.62. The molecule has 2 aliphatic heterocycles. The number of nitrogens with zero attached hydrogens (tertiary/aromatic N) is 3. The SMILES string of the molecule is I.NC(=NCC1(N2CCOCC2)CCCCC1)N1CCCCC1. The van der Waals surface area contributed by atoms with E-state index in [4.69, 9.17) is 15.5 Å². The Hall–Kier alpha value is -0.0800. The first-order valence-electron chi connectivity index (χ1n) is 9.18. The third-order valence-corrected chi connectivity index (χ3v) is 5.68. The van der Waals surface area contributed by atoms with Crippen LogP contribution in [-0.2, 0) is 4.74 Å². The van der Waals surface area contributed by atoms with E-state index in [0.29, 0.717) is 0 Å². The summed E-state index contributed by atoms with van der Waals surface area (Å²) in [5, 5.41) is 0. The second-order valence-corrected chi connectivity index (χ2v) is 7.11. The summed E-state index contributed by atoms with van der Waals surface area (Å²) in [6.45, 7) is 6.88. The number of hydrogen-bond donors (Lipinski definition) is 1. The number of aliphatic imine (C=N–C) groups is 1. The number of guanidine groups is 1. The summed E-state index contributed by atoms with van der Waals surface area (Å²) in [5.41, 5.74) is 6.53. The van der Waals surface area contributed by atoms with Crippen LogP contribution in [0.4, 0.5) is 0 Å². The molecule has 3 aliphatic rings. The number of morpholine rings is 1. The Morgan fingerprint density at radius 3 is 2.17 bits per heavy atom. The first-order chi connectivity index (χ1) is 10.8. The van der Waals surface area contributed by atoms with Crippen LogP contribution in [0.2, 0.25) is 0 Å². The van der Waals surface area contributed by atoms with Crippen molar-refractivity contribution in [3.8, 4) is 0 Å². The van der Waals surface area contributed by atoms with E-state index in [9.17, 15) is 0 Å². The highest BCUT2D eigenvalue weighted by atomic mass is 127. The molecule has 0 radical (unpaired) electrons. The topological polar surface area (TPSA) is 54.1 Å². The van der Waals surface area contributed by atoms with Gasteiger partial charge in [0.25, 0.3) is 0 Å². The summed E-state index contributed by atoms with van der Waals surface area (Å²) in [6.07, 6.45) is 10.4. The lowest BCUT2D eigenvalue weighted by atomic mass is 9.80. The molecule has 1 saturated carbocycles. The third-order valence-electron chi connectivity index (χ3n) is 5.68. The summed E-state index contributed by atoms with van der Waals surface area (Å²) >= 11 is 0. The van der Waals surface area contributed by atoms with Crippen LogP contribution in [0.5, 0.6) is 0 Å². The predicted molar refractivity (Wildman–Crippen MR) is 106 cm³/mol. The Balaban J connectivity index is 0.00000192. The fourth-order valence-corrected chi connectivity index (χ4v) is 4.27. The summed E-state index contributed by atoms with van der Waals surface area (Å²) in [6, 6.07) is 0. The molecular formula is C17H33IN4O. The van der Waals surface area contributed by atoms with Crippen molar-refractivity contribution in [2.24, 2.45) is 10.7 Å². The molecule has 0 unspecified atom stereocenters. The predicted octanol–water partition coefficient (Wildman–Crippen LogP) is 2.44. The van der Waals surface area contributed by atoms with Crippen LogP contribution in [0.25, 0.3) is 0 Å². The van der Waals surface area contributed by atoms with Crippen molar-refractivity contribution >= 4 is 29.9 Å². The monoisotopic (exact) mass is 436 g/mol. The van der Waals surface area contributed by atoms with Crippen molar-refractivity contribution in [3.05, 3.63) is 0 Å². The minimum atomic E-state index is 0. The van der Waals surface area contributed by atoms with Gasteiger partial charge < -0.3 is 15.4 Å². The molecule has 2 N–H and O–H groups in total. The van der Waals surface area contributed by atoms with E-state index in [1.54, 1.807) is 0 Å². The lowest BCUT2D eigenvalue weighted by molar-refractivity contribution is -0.0334. The van der Waals surface area contributed by atoms with Gasteiger partial charge in [-0.3, -0.25) is 9.89 Å². The molecule has 2 saturated heterocycles. The Labute approximate surface area is 158 Å². The largest absolute Gasteiger partial charge is 0.379 e. The molecule has 5 nitrogen and oxygen atoms in total. The van der Waals surface area contributed by atoms with Crippen molar-refractivity contribution in [1.29, 1.82) is 0 Å². The minimum absolute atomic E-state index is 0. The molecule has 6 heteroatoms. The second-order valence-electron chi connectivity index (χ2n) is 7.11. The minimum Gasteiger partial charge on any atom is -0.379 e. The van der Waals surface area contributed by atoms with Gasteiger partial charge in [-0.2, -0.15) is 0 Å². The summed E-state index contributed by atoms with van der Waals surface area (Å²) in [7, 11) is 0. The van der Waals surface area contributed by atoms with Crippen LogP contribution in [0, 0.1) is 0 Å². The molecule has 0 aromatic heterocycles. The van der Waals surface area contributed by atoms with Crippen LogP contribution in [0.3, 0.4) is 0 Å². The zero-order chi connectivity index (χ0) is 15.3. The Morgan fingerprint density at radius 1 is 0.913 bits per heavy atom. The zero-order valence-corrected chi connectivity index (χ0v) is 16.7. The van der Waals surface area contributed by atoms with Crippen molar-refractivity contribution in [2.75, 3.05) is 45.9 Å². The van der Waals surface area contributed by atoms with Crippen molar-refractivity contribution in [3.63, 3.8) is 0 Å². The van der Waals surface area contributed by atoms with E-state index in [2.05, 4.69) is 9.80 Å². The molecule has 0 atom stereocenters. The maximum absolute atomic E-state index is 6.29. The van der Waals surface area contributed by atoms with Crippen LogP contribution in [0.1, 0.15) is 51.4 Å². The van der Waals surface area contributed by atoms with Gasteiger partial charge in [0.15, 0.2) is 5.96 Å². The molecule has 0 spiro atoms. The molecule has 0 bridgehead atoms. The maximum Gasteiger partial charge on any atom is 0.191 e. The van der Waals surface area contributed by atoms with E-state index >= 15 is 0 Å². The molecule has 0 aromatic carbocycles. The third kappa shape index (κ3) is 4.95. The highest BCUT2D eigenvalue weighted by Gasteiger charge is 2.38. The number of hydrogen-bond acceptors (Lipinski definition) is 3. The van der Waals surface area contributed by atoms with Crippen molar-refractivity contribution < 1.29 is 4.74 Å². The van der Waals surface area contributed by atoms with Crippen molar-refractivity contribution in [1.82, 2.24) is 9.80 Å². The van der Waals surface area contributed by atoms with Gasteiger partial charge in [-0.25, -0.2) is 0 Å². The van der Waals surface area contributed by atoms with Gasteiger partial charge in [0, 0.05) is 31.7 Å². The van der Waals surface area contributed by atoms with Crippen molar-refractivity contribution in [2.45, 2.75) is 56.9 Å². The molecular weight excluding hydrogens is 403 g/mol. The average molecular weight is 436 g/mol. The fourth-order valence-electron chi connectivity index (χ4n) is 4.27. The van der Waals surface area contributed by atoms with Gasteiger partial charge in [0.05, 0.1) is 19.8 Å². The Morgan fingerprint density at radius 2 is 1.52 bits per heavy atom. The lowest BCUT2D eigenvalue weighted by Gasteiger charge is -2.47. The molecule has 3 rings (SSSR count). The Bertz CT molecular complexity index is 373. The highest BCUT2D eigenvalue weighted by molar-refractivity contribution is 14.0. The van der Waals surface area contributed by atoms with Gasteiger partial charge in [-0.05, 0) is 32.1 Å². The van der Waals surface area contributed by atoms with E-state index in [1.807, 2.05) is 0 Å². The summed E-state index contributed by atoms with van der Waals surface area (Å²) < 4.78 is 5.55. The number of piperidine rings is 1. The lowest BCUT2D eigenvalue weighted by Crippen LogP contribution is -2.56. The fraction of sp³-hybridized carbons (Fsp3) is 0.941. The van der Waals surface area contributed by atoms with Crippen LogP contribution in [-0.4, -0.2) is 67.2 Å². The van der Waals surface area contributed by atoms with E-state index in [1.165, 1.54) is 51.4 Å². The molecule has 2 heterocycles. The van der Waals surface area contributed by atoms with E-state index in [0.717, 1.165) is 51.9 Å². The van der Waals surface area contributed by atoms with Crippen LogP contribution in [0.15, 0.2) is 4.99 Å². The highest BCUT2D eigenvalue weighted by Crippen LogP contribution is 2.34. The quantitative estimate of drug-likeness (QED) is 0.420. The van der Waals surface area contributed by atoms with Gasteiger partial charge in [0.1, 0.15) is 0 Å². The van der Waals surface area contributed by atoms with E-state index in [-0.39, 0.29) is 29.5 Å². The number of likely N-dealkylation sites (tertiary alicyclic amines) is 1. The normalized spacial score (nSPS) is 26.6. The first-order valence-corrected chi connectivity index (χ1v) is 9.18. The first kappa shape index (κ1) is 19.2. The Kier molecular flexibility index (Phi) is 7.88. The zero-order valence-electron chi connectivity index (χ0n) is 14.3. The van der Waals surface area contributed by atoms with Crippen LogP contribution >= 0.6 is 24.0 Å². The number of halogens is 1. The maximum atomic E-state index is 6.29. The molecule has 1 aliphatic carbocycles. The van der Waals surface area contributed by atoms with Gasteiger partial charge >= 0.3 is 0 Å².